The third-order valence-electron chi connectivity index (χ3n) is 4.51. The van der Waals surface area contributed by atoms with Gasteiger partial charge < -0.3 is 0 Å². The van der Waals surface area contributed by atoms with Crippen molar-refractivity contribution in [3.05, 3.63) is 66.5 Å². The average molecular weight is 254 g/mol. The molecule has 0 aromatic heterocycles. The van der Waals surface area contributed by atoms with Gasteiger partial charge in [-0.15, -0.1) is 0 Å². The molecule has 2 aromatic carbocycles. The van der Waals surface area contributed by atoms with E-state index in [-0.39, 0.29) is 16.8 Å². The highest BCUT2D eigenvalue weighted by Gasteiger charge is 2.28. The van der Waals surface area contributed by atoms with Crippen LogP contribution in [0.2, 0.25) is 0 Å². The molecule has 0 amide bonds. The van der Waals surface area contributed by atoms with Crippen molar-refractivity contribution in [1.29, 1.82) is 0 Å². The summed E-state index contributed by atoms with van der Waals surface area (Å²) in [5.41, 5.74) is 5.11. The normalized spacial score (nSPS) is 18.5. The Morgan fingerprint density at radius 1 is 1.16 bits per heavy atom. The summed E-state index contributed by atoms with van der Waals surface area (Å²) in [6.07, 6.45) is 3.96. The van der Waals surface area contributed by atoms with Crippen LogP contribution in [0.25, 0.3) is 0 Å². The van der Waals surface area contributed by atoms with E-state index in [1.165, 1.54) is 16.7 Å². The molecule has 1 aliphatic rings. The molecule has 2 nitrogen and oxygen atoms in total. The highest BCUT2D eigenvalue weighted by atomic mass is 16.2. The van der Waals surface area contributed by atoms with Crippen molar-refractivity contribution in [3.8, 4) is 0 Å². The first-order valence-electron chi connectivity index (χ1n) is 7.02. The van der Waals surface area contributed by atoms with Crippen LogP contribution in [0.3, 0.4) is 0 Å². The largest absolute Gasteiger partial charge is 0.285 e. The zero-order valence-corrected chi connectivity index (χ0v) is 11.5. The fourth-order valence-electron chi connectivity index (χ4n) is 3.29. The van der Waals surface area contributed by atoms with E-state index in [2.05, 4.69) is 25.1 Å². The maximum Gasteiger partial charge on any atom is 0.229 e. The number of hydrogen-bond acceptors (Lipinski definition) is 2. The first-order valence-corrected chi connectivity index (χ1v) is 7.02. The van der Waals surface area contributed by atoms with E-state index in [9.17, 15) is 9.59 Å². The van der Waals surface area contributed by atoms with E-state index in [1.54, 1.807) is 6.92 Å². The molecule has 2 heteroatoms. The Bertz CT molecular complexity index is 702. The molecule has 0 N–H and O–H groups in total. The van der Waals surface area contributed by atoms with Crippen LogP contribution in [0.1, 0.15) is 47.1 Å². The van der Waals surface area contributed by atoms with Crippen molar-refractivity contribution in [1.82, 2.24) is 0 Å². The molecule has 0 fully saturated rings. The highest BCUT2D eigenvalue weighted by Crippen LogP contribution is 2.33. The summed E-state index contributed by atoms with van der Waals surface area (Å²) in [5, 5.41) is 0. The van der Waals surface area contributed by atoms with Gasteiger partial charge in [-0.3, -0.25) is 9.59 Å². The van der Waals surface area contributed by atoms with E-state index in [0.717, 1.165) is 31.2 Å². The van der Waals surface area contributed by atoms with Crippen LogP contribution >= 0.6 is 0 Å². The second-order valence-electron chi connectivity index (χ2n) is 5.59. The average Bonchev–Trinajstić information content (AvgIpc) is 2.46. The molecule has 0 radical (unpaired) electrons. The maximum absolute atomic E-state index is 11.7. The minimum Gasteiger partial charge on any atom is -0.285 e. The summed E-state index contributed by atoms with van der Waals surface area (Å²) >= 11 is 0. The second-order valence-corrected chi connectivity index (χ2v) is 5.59. The molecular weight excluding hydrogens is 236 g/mol. The Kier molecular flexibility index (Phi) is 2.89. The molecule has 0 bridgehead atoms. The lowest BCUT2D eigenvalue weighted by Gasteiger charge is -2.26. The van der Waals surface area contributed by atoms with Gasteiger partial charge in [0.15, 0.2) is 0 Å². The monoisotopic (exact) mass is 254 g/mol. The van der Waals surface area contributed by atoms with Crippen LogP contribution in [0.5, 0.6) is 0 Å². The van der Waals surface area contributed by atoms with Crippen LogP contribution < -0.4 is 10.9 Å². The Hall–Kier alpha value is -1.70. The number of fused-ring (bicyclic) bond motifs is 1. The molecule has 2 aromatic rings. The number of rotatable bonds is 2. The molecule has 0 aliphatic heterocycles. The van der Waals surface area contributed by atoms with Crippen molar-refractivity contribution in [2.75, 3.05) is 0 Å². The molecule has 98 valence electrons. The third-order valence-corrected chi connectivity index (χ3v) is 4.51. The smallest absolute Gasteiger partial charge is 0.229 e. The van der Waals surface area contributed by atoms with Gasteiger partial charge in [0, 0.05) is 11.1 Å². The van der Waals surface area contributed by atoms with Crippen molar-refractivity contribution in [3.63, 3.8) is 0 Å². The fourth-order valence-corrected chi connectivity index (χ4v) is 3.29. The lowest BCUT2D eigenvalue weighted by molar-refractivity contribution is 0.573. The molecule has 0 saturated carbocycles. The van der Waals surface area contributed by atoms with E-state index in [4.69, 9.17) is 0 Å². The van der Waals surface area contributed by atoms with Gasteiger partial charge in [-0.2, -0.15) is 0 Å². The van der Waals surface area contributed by atoms with Crippen molar-refractivity contribution in [2.45, 2.75) is 45.4 Å². The van der Waals surface area contributed by atoms with Crippen molar-refractivity contribution < 1.29 is 0 Å². The van der Waals surface area contributed by atoms with Gasteiger partial charge >= 0.3 is 0 Å². The summed E-state index contributed by atoms with van der Waals surface area (Å²) in [5.74, 6) is 0.254. The molecule has 0 heterocycles. The van der Waals surface area contributed by atoms with Crippen molar-refractivity contribution >= 4 is 0 Å². The molecule has 0 spiro atoms. The van der Waals surface area contributed by atoms with Crippen LogP contribution in [-0.4, -0.2) is 0 Å². The van der Waals surface area contributed by atoms with E-state index < -0.39 is 0 Å². The molecule has 3 rings (SSSR count). The summed E-state index contributed by atoms with van der Waals surface area (Å²) in [7, 11) is 0. The van der Waals surface area contributed by atoms with Crippen LogP contribution in [0.4, 0.5) is 0 Å². The third kappa shape index (κ3) is 1.86. The zero-order valence-electron chi connectivity index (χ0n) is 11.5. The van der Waals surface area contributed by atoms with Gasteiger partial charge in [0.05, 0.1) is 0 Å². The lowest BCUT2D eigenvalue weighted by Crippen LogP contribution is -2.40. The summed E-state index contributed by atoms with van der Waals surface area (Å²) in [6.45, 7) is 3.94. The maximum atomic E-state index is 11.7. The fraction of sp³-hybridized carbons (Fsp3) is 0.412. The van der Waals surface area contributed by atoms with Crippen LogP contribution in [-0.2, 0) is 19.3 Å². The second kappa shape index (κ2) is 4.44. The molecule has 0 saturated heterocycles. The van der Waals surface area contributed by atoms with Crippen molar-refractivity contribution in [2.24, 2.45) is 0 Å². The Balaban J connectivity index is 1.94. The Morgan fingerprint density at radius 2 is 1.95 bits per heavy atom. The standard InChI is InChI=1S/C17H18O2/c1-3-11-4-5-12-6-7-13(9-14(12)8-11)15-10(2)16(18)17(15)19/h4-5,8,13H,3,6-7,9H2,1-2H3. The van der Waals surface area contributed by atoms with Crippen LogP contribution in [0, 0.1) is 6.92 Å². The van der Waals surface area contributed by atoms with Crippen LogP contribution in [0.15, 0.2) is 27.8 Å². The minimum absolute atomic E-state index is 0.238. The number of hydrogen-bond donors (Lipinski definition) is 0. The van der Waals surface area contributed by atoms with Gasteiger partial charge in [0.1, 0.15) is 0 Å². The van der Waals surface area contributed by atoms with Gasteiger partial charge in [0.25, 0.3) is 0 Å². The quantitative estimate of drug-likeness (QED) is 0.771. The predicted molar refractivity (Wildman–Crippen MR) is 76.7 cm³/mol. The first kappa shape index (κ1) is 12.3. The molecule has 1 unspecified atom stereocenters. The lowest BCUT2D eigenvalue weighted by atomic mass is 9.76. The summed E-state index contributed by atoms with van der Waals surface area (Å²) in [4.78, 5) is 23.1. The summed E-state index contributed by atoms with van der Waals surface area (Å²) < 4.78 is 0. The summed E-state index contributed by atoms with van der Waals surface area (Å²) in [6, 6.07) is 6.68. The molecule has 1 aliphatic carbocycles. The minimum atomic E-state index is -0.275. The topological polar surface area (TPSA) is 34.1 Å². The first-order chi connectivity index (χ1) is 9.11. The van der Waals surface area contributed by atoms with E-state index in [1.807, 2.05) is 0 Å². The Morgan fingerprint density at radius 3 is 2.63 bits per heavy atom. The number of aryl methyl sites for hydroxylation is 2. The zero-order chi connectivity index (χ0) is 13.6. The van der Waals surface area contributed by atoms with E-state index in [0.29, 0.717) is 5.56 Å². The van der Waals surface area contributed by atoms with Gasteiger partial charge in [0.2, 0.25) is 10.9 Å². The Labute approximate surface area is 112 Å². The molecule has 1 atom stereocenters. The van der Waals surface area contributed by atoms with Gasteiger partial charge in [-0.1, -0.05) is 25.1 Å². The highest BCUT2D eigenvalue weighted by molar-refractivity contribution is 5.41. The van der Waals surface area contributed by atoms with E-state index >= 15 is 0 Å². The molecular formula is C17H18O2. The SMILES string of the molecule is CCc1ccc2c(c1)CC(c1c(C)c(=O)c1=O)CC2. The number of benzene rings is 1. The van der Waals surface area contributed by atoms with Gasteiger partial charge in [-0.25, -0.2) is 0 Å². The van der Waals surface area contributed by atoms with Gasteiger partial charge in [-0.05, 0) is 55.2 Å². The molecule has 19 heavy (non-hydrogen) atoms. The predicted octanol–water partition coefficient (Wildman–Crippen LogP) is 2.43.